The van der Waals surface area contributed by atoms with Crippen LogP contribution in [-0.4, -0.2) is 20.2 Å². The van der Waals surface area contributed by atoms with Gasteiger partial charge in [0.25, 0.3) is 0 Å². The number of rotatable bonds is 2. The van der Waals surface area contributed by atoms with Gasteiger partial charge in [-0.1, -0.05) is 25.4 Å². The molecule has 0 radical (unpaired) electrons. The lowest BCUT2D eigenvalue weighted by atomic mass is 10.0. The van der Waals surface area contributed by atoms with E-state index in [1.54, 1.807) is 0 Å². The highest BCUT2D eigenvalue weighted by Crippen LogP contribution is 2.30. The van der Waals surface area contributed by atoms with Crippen LogP contribution in [0.3, 0.4) is 0 Å². The molecule has 0 unspecified atom stereocenters. The molecule has 2 heterocycles. The molecule has 0 bridgehead atoms. The Labute approximate surface area is 126 Å². The topological polar surface area (TPSA) is 57.4 Å². The van der Waals surface area contributed by atoms with E-state index in [-0.39, 0.29) is 0 Å². The molecule has 4 nitrogen and oxygen atoms in total. The SMILES string of the molecule is CC(C)c1cc(-c2nc(=S)[nH][nH]2)c2cc(Cl)ccc2n1. The predicted octanol–water partition coefficient (Wildman–Crippen LogP) is 4.46. The highest BCUT2D eigenvalue weighted by Gasteiger charge is 2.12. The minimum absolute atomic E-state index is 0.329. The molecule has 0 aliphatic rings. The molecule has 2 N–H and O–H groups in total. The zero-order chi connectivity index (χ0) is 14.3. The normalized spacial score (nSPS) is 11.4. The van der Waals surface area contributed by atoms with Gasteiger partial charge in [0.15, 0.2) is 5.82 Å². The Bertz CT molecular complexity index is 835. The Morgan fingerprint density at radius 1 is 1.15 bits per heavy atom. The fraction of sp³-hybridized carbons (Fsp3) is 0.214. The summed E-state index contributed by atoms with van der Waals surface area (Å²) < 4.78 is 0.429. The minimum Gasteiger partial charge on any atom is -0.282 e. The summed E-state index contributed by atoms with van der Waals surface area (Å²) in [5.41, 5.74) is 2.86. The van der Waals surface area contributed by atoms with Crippen molar-refractivity contribution in [1.82, 2.24) is 20.2 Å². The monoisotopic (exact) mass is 304 g/mol. The van der Waals surface area contributed by atoms with Crippen molar-refractivity contribution in [2.24, 2.45) is 0 Å². The third-order valence-corrected chi connectivity index (χ3v) is 3.57. The largest absolute Gasteiger partial charge is 0.282 e. The van der Waals surface area contributed by atoms with E-state index in [1.807, 2.05) is 24.3 Å². The second-order valence-corrected chi connectivity index (χ2v) is 5.75. The Morgan fingerprint density at radius 3 is 2.60 bits per heavy atom. The first kappa shape index (κ1) is 13.3. The molecule has 0 spiro atoms. The number of hydrogen-bond acceptors (Lipinski definition) is 3. The van der Waals surface area contributed by atoms with Crippen LogP contribution < -0.4 is 0 Å². The molecule has 1 aromatic carbocycles. The van der Waals surface area contributed by atoms with Gasteiger partial charge in [-0.25, -0.2) is 0 Å². The molecule has 0 aliphatic heterocycles. The number of nitrogens with zero attached hydrogens (tertiary/aromatic N) is 2. The third kappa shape index (κ3) is 2.34. The highest BCUT2D eigenvalue weighted by molar-refractivity contribution is 7.71. The van der Waals surface area contributed by atoms with Crippen LogP contribution in [-0.2, 0) is 0 Å². The number of aromatic amines is 2. The van der Waals surface area contributed by atoms with E-state index in [9.17, 15) is 0 Å². The summed E-state index contributed by atoms with van der Waals surface area (Å²) in [4.78, 5) is 8.97. The van der Waals surface area contributed by atoms with E-state index >= 15 is 0 Å². The van der Waals surface area contributed by atoms with Gasteiger partial charge >= 0.3 is 0 Å². The van der Waals surface area contributed by atoms with Gasteiger partial charge in [0.1, 0.15) is 0 Å². The lowest BCUT2D eigenvalue weighted by molar-refractivity contribution is 0.830. The lowest BCUT2D eigenvalue weighted by Crippen LogP contribution is -1.96. The lowest BCUT2D eigenvalue weighted by Gasteiger charge is -2.10. The summed E-state index contributed by atoms with van der Waals surface area (Å²) in [5, 5.41) is 7.44. The van der Waals surface area contributed by atoms with Crippen LogP contribution in [0.2, 0.25) is 5.02 Å². The van der Waals surface area contributed by atoms with Gasteiger partial charge in [0.05, 0.1) is 5.52 Å². The van der Waals surface area contributed by atoms with Gasteiger partial charge in [-0.2, -0.15) is 4.98 Å². The number of hydrogen-bond donors (Lipinski definition) is 2. The summed E-state index contributed by atoms with van der Waals surface area (Å²) in [6.45, 7) is 4.22. The van der Waals surface area contributed by atoms with Crippen molar-refractivity contribution >= 4 is 34.7 Å². The number of H-pyrrole nitrogens is 2. The second kappa shape index (κ2) is 5.00. The van der Waals surface area contributed by atoms with Gasteiger partial charge in [-0.05, 0) is 42.4 Å². The van der Waals surface area contributed by atoms with E-state index < -0.39 is 0 Å². The Kier molecular flexibility index (Phi) is 3.31. The van der Waals surface area contributed by atoms with Crippen LogP contribution in [0, 0.1) is 4.77 Å². The average molecular weight is 305 g/mol. The van der Waals surface area contributed by atoms with Crippen molar-refractivity contribution in [3.63, 3.8) is 0 Å². The Hall–Kier alpha value is -1.72. The molecule has 3 aromatic rings. The van der Waals surface area contributed by atoms with Crippen LogP contribution >= 0.6 is 23.8 Å². The van der Waals surface area contributed by atoms with Crippen molar-refractivity contribution in [2.45, 2.75) is 19.8 Å². The molecule has 0 fully saturated rings. The molecule has 0 amide bonds. The first-order chi connectivity index (χ1) is 9.54. The summed E-state index contributed by atoms with van der Waals surface area (Å²) in [6, 6.07) is 7.70. The van der Waals surface area contributed by atoms with Gasteiger partial charge in [0.2, 0.25) is 4.77 Å². The number of pyridine rings is 1. The summed E-state index contributed by atoms with van der Waals surface area (Å²) >= 11 is 11.1. The second-order valence-electron chi connectivity index (χ2n) is 4.93. The van der Waals surface area contributed by atoms with Crippen LogP contribution in [0.4, 0.5) is 0 Å². The molecule has 3 rings (SSSR count). The molecule has 0 atom stereocenters. The third-order valence-electron chi connectivity index (χ3n) is 3.14. The summed E-state index contributed by atoms with van der Waals surface area (Å²) in [6.07, 6.45) is 0. The summed E-state index contributed by atoms with van der Waals surface area (Å²) in [5.74, 6) is 1.03. The van der Waals surface area contributed by atoms with E-state index in [2.05, 4.69) is 34.0 Å². The van der Waals surface area contributed by atoms with E-state index in [0.29, 0.717) is 21.5 Å². The van der Waals surface area contributed by atoms with Crippen LogP contribution in [0.1, 0.15) is 25.5 Å². The zero-order valence-electron chi connectivity index (χ0n) is 11.1. The standard InChI is InChI=1S/C14H13ClN4S/c1-7(2)12-6-10(13-17-14(20)19-18-13)9-5-8(15)3-4-11(9)16-12/h3-7H,1-2H3,(H2,17,18,19,20). The molecule has 20 heavy (non-hydrogen) atoms. The molecule has 2 aromatic heterocycles. The maximum atomic E-state index is 6.10. The van der Waals surface area contributed by atoms with E-state index in [0.717, 1.165) is 22.2 Å². The number of nitrogens with one attached hydrogen (secondary N) is 2. The highest BCUT2D eigenvalue weighted by atomic mass is 35.5. The smallest absolute Gasteiger partial charge is 0.213 e. The summed E-state index contributed by atoms with van der Waals surface area (Å²) in [7, 11) is 0. The van der Waals surface area contributed by atoms with Crippen molar-refractivity contribution in [3.05, 3.63) is 39.8 Å². The van der Waals surface area contributed by atoms with Gasteiger partial charge in [-0.3, -0.25) is 15.2 Å². The number of benzene rings is 1. The van der Waals surface area contributed by atoms with Crippen LogP contribution in [0.15, 0.2) is 24.3 Å². The van der Waals surface area contributed by atoms with Crippen molar-refractivity contribution in [1.29, 1.82) is 0 Å². The van der Waals surface area contributed by atoms with Crippen molar-refractivity contribution in [3.8, 4) is 11.4 Å². The average Bonchev–Trinajstić information content (AvgIpc) is 2.84. The van der Waals surface area contributed by atoms with Gasteiger partial charge in [-0.15, -0.1) is 0 Å². The number of fused-ring (bicyclic) bond motifs is 1. The Balaban J connectivity index is 2.37. The zero-order valence-corrected chi connectivity index (χ0v) is 12.6. The fourth-order valence-corrected chi connectivity index (χ4v) is 2.42. The maximum Gasteiger partial charge on any atom is 0.213 e. The van der Waals surface area contributed by atoms with Crippen molar-refractivity contribution in [2.75, 3.05) is 0 Å². The molecular weight excluding hydrogens is 292 g/mol. The molecule has 0 saturated carbocycles. The molecule has 0 saturated heterocycles. The quantitative estimate of drug-likeness (QED) is 0.687. The first-order valence-electron chi connectivity index (χ1n) is 6.30. The molecule has 102 valence electrons. The van der Waals surface area contributed by atoms with E-state index in [1.165, 1.54) is 0 Å². The van der Waals surface area contributed by atoms with Gasteiger partial charge < -0.3 is 0 Å². The van der Waals surface area contributed by atoms with Crippen molar-refractivity contribution < 1.29 is 0 Å². The number of aromatic nitrogens is 4. The Morgan fingerprint density at radius 2 is 1.95 bits per heavy atom. The van der Waals surface area contributed by atoms with Crippen LogP contribution in [0.25, 0.3) is 22.3 Å². The fourth-order valence-electron chi connectivity index (χ4n) is 2.11. The minimum atomic E-state index is 0.329. The first-order valence-corrected chi connectivity index (χ1v) is 7.08. The molecule has 6 heteroatoms. The molecular formula is C14H13ClN4S. The maximum absolute atomic E-state index is 6.10. The predicted molar refractivity (Wildman–Crippen MR) is 83.6 cm³/mol. The van der Waals surface area contributed by atoms with Crippen LogP contribution in [0.5, 0.6) is 0 Å². The van der Waals surface area contributed by atoms with Gasteiger partial charge in [0, 0.05) is 21.7 Å². The molecule has 0 aliphatic carbocycles. The number of halogens is 1. The van der Waals surface area contributed by atoms with E-state index in [4.69, 9.17) is 23.8 Å².